The topological polar surface area (TPSA) is 92.5 Å². The zero-order valence-corrected chi connectivity index (χ0v) is 17.3. The largest absolute Gasteiger partial charge is 0.352 e. The van der Waals surface area contributed by atoms with Crippen molar-refractivity contribution in [3.05, 3.63) is 81.9 Å². The molecule has 0 unspecified atom stereocenters. The van der Waals surface area contributed by atoms with Crippen molar-refractivity contribution in [1.82, 2.24) is 15.1 Å². The Hall–Kier alpha value is -3.81. The number of amides is 1. The first-order valence-corrected chi connectivity index (χ1v) is 10.3. The van der Waals surface area contributed by atoms with Crippen molar-refractivity contribution in [2.24, 2.45) is 0 Å². The molecule has 0 aliphatic carbocycles. The zero-order valence-electron chi connectivity index (χ0n) is 17.3. The van der Waals surface area contributed by atoms with Crippen molar-refractivity contribution in [1.29, 1.82) is 0 Å². The normalized spacial score (nSPS) is 13.8. The van der Waals surface area contributed by atoms with Crippen molar-refractivity contribution < 1.29 is 9.72 Å². The summed E-state index contributed by atoms with van der Waals surface area (Å²) < 4.78 is 0. The number of piperazine rings is 1. The van der Waals surface area contributed by atoms with E-state index in [9.17, 15) is 14.9 Å². The molecule has 0 N–H and O–H groups in total. The summed E-state index contributed by atoms with van der Waals surface area (Å²) in [6, 6.07) is 18.3. The van der Waals surface area contributed by atoms with E-state index in [4.69, 9.17) is 0 Å². The van der Waals surface area contributed by atoms with Gasteiger partial charge in [-0.05, 0) is 30.2 Å². The highest BCUT2D eigenvalue weighted by Crippen LogP contribution is 2.23. The number of carbonyl (C=O) groups is 1. The maximum absolute atomic E-state index is 12.8. The molecule has 4 rings (SSSR count). The van der Waals surface area contributed by atoms with Gasteiger partial charge in [-0.25, -0.2) is 0 Å². The van der Waals surface area contributed by atoms with E-state index in [2.05, 4.69) is 46.3 Å². The Labute approximate surface area is 180 Å². The summed E-state index contributed by atoms with van der Waals surface area (Å²) in [6.07, 6.45) is 0.997. The predicted molar refractivity (Wildman–Crippen MR) is 118 cm³/mol. The van der Waals surface area contributed by atoms with E-state index >= 15 is 0 Å². The van der Waals surface area contributed by atoms with E-state index < -0.39 is 4.92 Å². The second kappa shape index (κ2) is 8.91. The van der Waals surface area contributed by atoms with Crippen molar-refractivity contribution in [2.75, 3.05) is 31.1 Å². The fourth-order valence-corrected chi connectivity index (χ4v) is 3.68. The lowest BCUT2D eigenvalue weighted by molar-refractivity contribution is -0.385. The van der Waals surface area contributed by atoms with E-state index in [0.29, 0.717) is 26.2 Å². The minimum Gasteiger partial charge on any atom is -0.352 e. The quantitative estimate of drug-likeness (QED) is 0.465. The van der Waals surface area contributed by atoms with Crippen molar-refractivity contribution >= 4 is 17.4 Å². The molecule has 1 aliphatic rings. The van der Waals surface area contributed by atoms with Gasteiger partial charge in [0, 0.05) is 37.8 Å². The molecule has 0 bridgehead atoms. The number of hydrogen-bond acceptors (Lipinski definition) is 6. The molecule has 8 nitrogen and oxygen atoms in total. The van der Waals surface area contributed by atoms with Crippen LogP contribution in [0.1, 0.15) is 22.8 Å². The average Bonchev–Trinajstić information content (AvgIpc) is 2.84. The lowest BCUT2D eigenvalue weighted by Crippen LogP contribution is -2.49. The Kier molecular flexibility index (Phi) is 5.88. The van der Waals surface area contributed by atoms with Crippen LogP contribution in [0.5, 0.6) is 0 Å². The zero-order chi connectivity index (χ0) is 21.8. The van der Waals surface area contributed by atoms with Gasteiger partial charge in [0.1, 0.15) is 5.56 Å². The lowest BCUT2D eigenvalue weighted by Gasteiger charge is -2.35. The molecule has 3 aromatic rings. The summed E-state index contributed by atoms with van der Waals surface area (Å²) in [5.74, 6) is 0.440. The molecular weight excluding hydrogens is 394 g/mol. The molecule has 2 heterocycles. The number of rotatable bonds is 5. The van der Waals surface area contributed by atoms with Crippen LogP contribution in [0.25, 0.3) is 11.3 Å². The monoisotopic (exact) mass is 417 g/mol. The van der Waals surface area contributed by atoms with Gasteiger partial charge in [-0.3, -0.25) is 14.9 Å². The summed E-state index contributed by atoms with van der Waals surface area (Å²) in [6.45, 7) is 4.23. The third-order valence-electron chi connectivity index (χ3n) is 5.53. The number of nitro benzene ring substituents is 1. The maximum atomic E-state index is 12.8. The fraction of sp³-hybridized carbons (Fsp3) is 0.261. The van der Waals surface area contributed by atoms with E-state index in [1.165, 1.54) is 17.7 Å². The molecular formula is C23H23N5O3. The molecule has 1 aliphatic heterocycles. The minimum atomic E-state index is -0.517. The highest BCUT2D eigenvalue weighted by molar-refractivity contribution is 5.98. The number of carbonyl (C=O) groups excluding carboxylic acids is 1. The smallest absolute Gasteiger partial charge is 0.282 e. The van der Waals surface area contributed by atoms with E-state index in [1.807, 2.05) is 12.1 Å². The number of benzene rings is 2. The van der Waals surface area contributed by atoms with Gasteiger partial charge >= 0.3 is 0 Å². The van der Waals surface area contributed by atoms with Crippen LogP contribution in [0.15, 0.2) is 60.7 Å². The van der Waals surface area contributed by atoms with E-state index in [0.717, 1.165) is 23.5 Å². The number of anilines is 1. The summed E-state index contributed by atoms with van der Waals surface area (Å²) >= 11 is 0. The molecule has 31 heavy (non-hydrogen) atoms. The van der Waals surface area contributed by atoms with Gasteiger partial charge < -0.3 is 9.80 Å². The second-order valence-electron chi connectivity index (χ2n) is 7.38. The van der Waals surface area contributed by atoms with Crippen LogP contribution in [0.3, 0.4) is 0 Å². The molecule has 1 saturated heterocycles. The summed E-state index contributed by atoms with van der Waals surface area (Å²) in [5.41, 5.74) is 3.08. The number of hydrogen-bond donors (Lipinski definition) is 0. The van der Waals surface area contributed by atoms with Crippen LogP contribution in [-0.4, -0.2) is 52.1 Å². The predicted octanol–water partition coefficient (Wildman–Crippen LogP) is 3.58. The third-order valence-corrected chi connectivity index (χ3v) is 5.53. The Balaban J connectivity index is 1.41. The van der Waals surface area contributed by atoms with Gasteiger partial charge in [-0.15, -0.1) is 10.2 Å². The Morgan fingerprint density at radius 3 is 2.29 bits per heavy atom. The molecule has 158 valence electrons. The van der Waals surface area contributed by atoms with E-state index in [-0.39, 0.29) is 17.2 Å². The van der Waals surface area contributed by atoms with Crippen LogP contribution in [0, 0.1) is 10.1 Å². The van der Waals surface area contributed by atoms with Gasteiger partial charge in [0.2, 0.25) is 0 Å². The molecule has 0 spiro atoms. The Morgan fingerprint density at radius 2 is 1.68 bits per heavy atom. The number of aryl methyl sites for hydroxylation is 1. The molecule has 0 atom stereocenters. The van der Waals surface area contributed by atoms with E-state index in [1.54, 1.807) is 17.0 Å². The van der Waals surface area contributed by atoms with Crippen LogP contribution in [0.4, 0.5) is 11.5 Å². The van der Waals surface area contributed by atoms with Gasteiger partial charge in [-0.2, -0.15) is 0 Å². The van der Waals surface area contributed by atoms with Crippen molar-refractivity contribution in [2.45, 2.75) is 13.3 Å². The molecule has 2 aromatic carbocycles. The van der Waals surface area contributed by atoms with Crippen molar-refractivity contribution in [3.8, 4) is 11.3 Å². The second-order valence-corrected chi connectivity index (χ2v) is 7.38. The molecule has 0 radical (unpaired) electrons. The number of nitrogens with zero attached hydrogens (tertiary/aromatic N) is 5. The molecule has 1 fully saturated rings. The van der Waals surface area contributed by atoms with Gasteiger partial charge in [0.15, 0.2) is 5.82 Å². The summed E-state index contributed by atoms with van der Waals surface area (Å²) in [7, 11) is 0. The van der Waals surface area contributed by atoms with Gasteiger partial charge in [0.05, 0.1) is 10.6 Å². The first-order valence-electron chi connectivity index (χ1n) is 10.3. The van der Waals surface area contributed by atoms with Crippen LogP contribution in [0.2, 0.25) is 0 Å². The van der Waals surface area contributed by atoms with Gasteiger partial charge in [0.25, 0.3) is 11.6 Å². The van der Waals surface area contributed by atoms with Crippen LogP contribution in [-0.2, 0) is 6.42 Å². The maximum Gasteiger partial charge on any atom is 0.282 e. The van der Waals surface area contributed by atoms with Crippen LogP contribution < -0.4 is 4.90 Å². The highest BCUT2D eigenvalue weighted by Gasteiger charge is 2.27. The molecule has 1 amide bonds. The lowest BCUT2D eigenvalue weighted by atomic mass is 10.1. The number of aromatic nitrogens is 2. The first kappa shape index (κ1) is 20.5. The summed E-state index contributed by atoms with van der Waals surface area (Å²) in [5, 5.41) is 20.0. The molecule has 1 aromatic heterocycles. The molecule has 0 saturated carbocycles. The minimum absolute atomic E-state index is 0.124. The standard InChI is InChI=1S/C23H23N5O3/c1-2-17-7-9-18(10-8-17)20-11-12-22(25-24-20)26-13-15-27(16-14-26)23(29)19-5-3-4-6-21(19)28(30)31/h3-12H,2,13-16H2,1H3. The highest BCUT2D eigenvalue weighted by atomic mass is 16.6. The number of para-hydroxylation sites is 1. The fourth-order valence-electron chi connectivity index (χ4n) is 3.68. The van der Waals surface area contributed by atoms with Crippen molar-refractivity contribution in [3.63, 3.8) is 0 Å². The summed E-state index contributed by atoms with van der Waals surface area (Å²) in [4.78, 5) is 27.2. The Bertz CT molecular complexity index is 1080. The Morgan fingerprint density at radius 1 is 0.968 bits per heavy atom. The SMILES string of the molecule is CCc1ccc(-c2ccc(N3CCN(C(=O)c4ccccc4[N+](=O)[O-])CC3)nn2)cc1. The first-order chi connectivity index (χ1) is 15.1. The van der Waals surface area contributed by atoms with Gasteiger partial charge in [-0.1, -0.05) is 43.3 Å². The number of nitro groups is 1. The average molecular weight is 417 g/mol. The van der Waals surface area contributed by atoms with Crippen LogP contribution >= 0.6 is 0 Å². The molecule has 8 heteroatoms. The third kappa shape index (κ3) is 4.37.